The molecule has 24 heavy (non-hydrogen) atoms. The first-order valence-electron chi connectivity index (χ1n) is 7.87. The van der Waals surface area contributed by atoms with Crippen LogP contribution in [0, 0.1) is 0 Å². The van der Waals surface area contributed by atoms with E-state index in [1.54, 1.807) is 6.08 Å². The van der Waals surface area contributed by atoms with Crippen molar-refractivity contribution in [3.05, 3.63) is 46.7 Å². The van der Waals surface area contributed by atoms with E-state index < -0.39 is 23.3 Å². The lowest BCUT2D eigenvalue weighted by Crippen LogP contribution is -2.24. The first-order valence-corrected chi connectivity index (χ1v) is 7.87. The number of hydrogen-bond donors (Lipinski definition) is 1. The van der Waals surface area contributed by atoms with Gasteiger partial charge in [0, 0.05) is 24.4 Å². The molecule has 0 amide bonds. The number of aliphatic hydroxyl groups excluding tert-OH is 1. The highest BCUT2D eigenvalue weighted by Crippen LogP contribution is 2.35. The van der Waals surface area contributed by atoms with Gasteiger partial charge < -0.3 is 10.0 Å². The summed E-state index contributed by atoms with van der Waals surface area (Å²) in [7, 11) is 0. The van der Waals surface area contributed by atoms with Crippen molar-refractivity contribution >= 4 is 17.5 Å². The van der Waals surface area contributed by atoms with Gasteiger partial charge in [-0.25, -0.2) is 0 Å². The Morgan fingerprint density at radius 1 is 1.17 bits per heavy atom. The summed E-state index contributed by atoms with van der Waals surface area (Å²) in [5.41, 5.74) is 1.64. The molecule has 0 unspecified atom stereocenters. The lowest BCUT2D eigenvalue weighted by Gasteiger charge is -2.20. The molecule has 3 nitrogen and oxygen atoms in total. The van der Waals surface area contributed by atoms with Crippen molar-refractivity contribution in [3.8, 4) is 0 Å². The van der Waals surface area contributed by atoms with E-state index in [9.17, 15) is 23.1 Å². The van der Waals surface area contributed by atoms with E-state index in [-0.39, 0.29) is 12.8 Å². The van der Waals surface area contributed by atoms with Gasteiger partial charge in [-0.2, -0.15) is 13.2 Å². The van der Waals surface area contributed by atoms with Crippen LogP contribution in [-0.2, 0) is 4.79 Å². The number of carbonyl (C=O) groups is 1. The quantitative estimate of drug-likeness (QED) is 0.849. The second kappa shape index (κ2) is 7.11. The van der Waals surface area contributed by atoms with E-state index in [1.807, 2.05) is 24.3 Å². The average molecular weight is 339 g/mol. The molecular formula is C18H20F3NO2. The summed E-state index contributed by atoms with van der Waals surface area (Å²) < 4.78 is 37.5. The number of halogens is 3. The summed E-state index contributed by atoms with van der Waals surface area (Å²) in [5.74, 6) is -2.49. The number of nitrogens with zero attached hydrogens (tertiary/aromatic N) is 1. The Balaban J connectivity index is 2.23. The molecule has 0 heterocycles. The number of anilines is 1. The van der Waals surface area contributed by atoms with Gasteiger partial charge in [-0.3, -0.25) is 4.79 Å². The lowest BCUT2D eigenvalue weighted by atomic mass is 10.1. The minimum absolute atomic E-state index is 0.0897. The predicted octanol–water partition coefficient (Wildman–Crippen LogP) is 4.65. The second-order valence-corrected chi connectivity index (χ2v) is 5.59. The van der Waals surface area contributed by atoms with Gasteiger partial charge in [0.1, 0.15) is 5.76 Å². The molecule has 0 aliphatic heterocycles. The van der Waals surface area contributed by atoms with Crippen LogP contribution >= 0.6 is 0 Å². The molecule has 1 aromatic carbocycles. The van der Waals surface area contributed by atoms with E-state index in [4.69, 9.17) is 0 Å². The molecule has 0 saturated heterocycles. The monoisotopic (exact) mass is 339 g/mol. The van der Waals surface area contributed by atoms with Crippen molar-refractivity contribution in [1.29, 1.82) is 0 Å². The van der Waals surface area contributed by atoms with Crippen LogP contribution in [0.3, 0.4) is 0 Å². The first kappa shape index (κ1) is 18.1. The van der Waals surface area contributed by atoms with Gasteiger partial charge in [0.2, 0.25) is 0 Å². The zero-order valence-electron chi connectivity index (χ0n) is 13.7. The van der Waals surface area contributed by atoms with E-state index in [0.717, 1.165) is 24.3 Å². The molecule has 2 rings (SSSR count). The van der Waals surface area contributed by atoms with Crippen LogP contribution < -0.4 is 4.90 Å². The maximum absolute atomic E-state index is 12.5. The van der Waals surface area contributed by atoms with Crippen LogP contribution in [0.15, 0.2) is 41.2 Å². The van der Waals surface area contributed by atoms with Gasteiger partial charge in [-0.1, -0.05) is 12.1 Å². The molecule has 0 atom stereocenters. The fourth-order valence-electron chi connectivity index (χ4n) is 2.79. The van der Waals surface area contributed by atoms with Crippen molar-refractivity contribution in [1.82, 2.24) is 0 Å². The molecule has 130 valence electrons. The van der Waals surface area contributed by atoms with Crippen molar-refractivity contribution < 1.29 is 23.1 Å². The molecule has 0 bridgehead atoms. The number of carbonyl (C=O) groups excluding carboxylic acids is 1. The summed E-state index contributed by atoms with van der Waals surface area (Å²) >= 11 is 0. The fourth-order valence-corrected chi connectivity index (χ4v) is 2.79. The smallest absolute Gasteiger partial charge is 0.454 e. The van der Waals surface area contributed by atoms with Crippen molar-refractivity contribution in [2.75, 3.05) is 18.0 Å². The molecule has 0 saturated carbocycles. The second-order valence-electron chi connectivity index (χ2n) is 5.59. The van der Waals surface area contributed by atoms with Crippen LogP contribution in [0.2, 0.25) is 0 Å². The summed E-state index contributed by atoms with van der Waals surface area (Å²) in [6, 6.07) is 7.54. The van der Waals surface area contributed by atoms with Gasteiger partial charge >= 0.3 is 6.18 Å². The Hall–Kier alpha value is -2.24. The lowest BCUT2D eigenvalue weighted by molar-refractivity contribution is -0.166. The Morgan fingerprint density at radius 3 is 2.25 bits per heavy atom. The summed E-state index contributed by atoms with van der Waals surface area (Å²) in [5, 5.41) is 9.94. The predicted molar refractivity (Wildman–Crippen MR) is 87.9 cm³/mol. The van der Waals surface area contributed by atoms with Crippen LogP contribution in [0.25, 0.3) is 6.08 Å². The molecule has 6 heteroatoms. The van der Waals surface area contributed by atoms with E-state index >= 15 is 0 Å². The Bertz CT molecular complexity index is 668. The standard InChI is InChI=1S/C18H20F3NO2/c1-3-22(4-2)14-8-5-12(6-9-14)11-13-7-10-15(16(13)23)17(24)18(19,20)21/h5-6,8-9,11,23H,3-4,7,10H2,1-2H3/b13-11+. The van der Waals surface area contributed by atoms with Gasteiger partial charge in [0.15, 0.2) is 0 Å². The zero-order chi connectivity index (χ0) is 17.9. The van der Waals surface area contributed by atoms with Gasteiger partial charge in [0.25, 0.3) is 5.78 Å². The SMILES string of the molecule is CCN(CC)c1ccc(/C=C2\CCC(C(=O)C(F)(F)F)=C2O)cc1. The molecule has 1 aromatic rings. The molecule has 0 spiro atoms. The van der Waals surface area contributed by atoms with Crippen LogP contribution in [0.5, 0.6) is 0 Å². The highest BCUT2D eigenvalue weighted by Gasteiger charge is 2.43. The molecular weight excluding hydrogens is 319 g/mol. The van der Waals surface area contributed by atoms with Gasteiger partial charge in [0.05, 0.1) is 0 Å². The number of ketones is 1. The van der Waals surface area contributed by atoms with Crippen molar-refractivity contribution in [2.24, 2.45) is 0 Å². The minimum Gasteiger partial charge on any atom is -0.507 e. The molecule has 0 radical (unpaired) electrons. The van der Waals surface area contributed by atoms with E-state index in [0.29, 0.717) is 5.57 Å². The number of benzene rings is 1. The van der Waals surface area contributed by atoms with E-state index in [1.165, 1.54) is 0 Å². The van der Waals surface area contributed by atoms with Crippen LogP contribution in [-0.4, -0.2) is 30.2 Å². The first-order chi connectivity index (χ1) is 11.3. The van der Waals surface area contributed by atoms with Crippen molar-refractivity contribution in [2.45, 2.75) is 32.9 Å². The molecule has 0 aromatic heterocycles. The topological polar surface area (TPSA) is 40.5 Å². The third-order valence-corrected chi connectivity index (χ3v) is 4.13. The number of aliphatic hydroxyl groups is 1. The van der Waals surface area contributed by atoms with Crippen LogP contribution in [0.4, 0.5) is 18.9 Å². The number of rotatable bonds is 5. The zero-order valence-corrected chi connectivity index (χ0v) is 13.7. The van der Waals surface area contributed by atoms with Gasteiger partial charge in [-0.15, -0.1) is 0 Å². The average Bonchev–Trinajstić information content (AvgIpc) is 2.89. The number of Topliss-reactive ketones (excluding diaryl/α,β-unsaturated/α-hetero) is 1. The van der Waals surface area contributed by atoms with Crippen LogP contribution in [0.1, 0.15) is 32.3 Å². The van der Waals surface area contributed by atoms with E-state index in [2.05, 4.69) is 18.7 Å². The maximum atomic E-state index is 12.5. The molecule has 1 aliphatic carbocycles. The minimum atomic E-state index is -4.95. The molecule has 0 fully saturated rings. The highest BCUT2D eigenvalue weighted by atomic mass is 19.4. The van der Waals surface area contributed by atoms with Gasteiger partial charge in [-0.05, 0) is 56.0 Å². The fraction of sp³-hybridized carbons (Fsp3) is 0.389. The Morgan fingerprint density at radius 2 is 1.75 bits per heavy atom. The van der Waals surface area contributed by atoms with Crippen molar-refractivity contribution in [3.63, 3.8) is 0 Å². The summed E-state index contributed by atoms with van der Waals surface area (Å²) in [6.45, 7) is 5.87. The number of allylic oxidation sites excluding steroid dienone is 2. The normalized spacial score (nSPS) is 16.8. The third-order valence-electron chi connectivity index (χ3n) is 4.13. The highest BCUT2D eigenvalue weighted by molar-refractivity contribution is 6.01. The number of alkyl halides is 3. The Kier molecular flexibility index (Phi) is 5.36. The number of hydrogen-bond acceptors (Lipinski definition) is 3. The summed E-state index contributed by atoms with van der Waals surface area (Å²) in [6.07, 6.45) is -3.20. The third kappa shape index (κ3) is 3.80. The maximum Gasteiger partial charge on any atom is 0.454 e. The molecule has 1 N–H and O–H groups in total. The Labute approximate surface area is 139 Å². The summed E-state index contributed by atoms with van der Waals surface area (Å²) in [4.78, 5) is 13.5. The molecule has 1 aliphatic rings. The largest absolute Gasteiger partial charge is 0.507 e.